The number of amides is 1. The van der Waals surface area contributed by atoms with Gasteiger partial charge in [-0.1, -0.05) is 0 Å². The zero-order chi connectivity index (χ0) is 17.7. The molecular weight excluding hydrogens is 308 g/mol. The van der Waals surface area contributed by atoms with Crippen LogP contribution >= 0.6 is 0 Å². The van der Waals surface area contributed by atoms with Gasteiger partial charge >= 0.3 is 5.69 Å². The maximum atomic E-state index is 11.9. The number of carbonyl (C=O) groups is 1. The monoisotopic (exact) mass is 328 g/mol. The molecule has 2 aromatic rings. The molecule has 2 N–H and O–H groups in total. The Kier molecular flexibility index (Phi) is 5.13. The average Bonchev–Trinajstić information content (AvgIpc) is 2.46. The van der Waals surface area contributed by atoms with E-state index in [-0.39, 0.29) is 11.3 Å². The standard InChI is InChI=1S/C17H20N4O3/c1-11-9-14(20-16(23)19-11)15(22)21-18-10-12-5-7-13(8-6-12)24-17(2,3)4/h5-10H,1-4H3,(H,21,22)(H,19,20,23)/b18-10+. The molecule has 7 heteroatoms. The number of benzene rings is 1. The molecule has 0 aliphatic heterocycles. The summed E-state index contributed by atoms with van der Waals surface area (Å²) < 4.78 is 5.72. The van der Waals surface area contributed by atoms with Crippen molar-refractivity contribution < 1.29 is 9.53 Å². The molecular formula is C17H20N4O3. The number of aromatic nitrogens is 2. The van der Waals surface area contributed by atoms with Crippen LogP contribution in [-0.2, 0) is 0 Å². The van der Waals surface area contributed by atoms with Gasteiger partial charge in [-0.15, -0.1) is 0 Å². The first-order chi connectivity index (χ1) is 11.2. The third-order valence-electron chi connectivity index (χ3n) is 2.80. The van der Waals surface area contributed by atoms with Crippen LogP contribution in [0.4, 0.5) is 0 Å². The largest absolute Gasteiger partial charge is 0.488 e. The van der Waals surface area contributed by atoms with Gasteiger partial charge in [0, 0.05) is 5.69 Å². The Labute approximate surface area is 139 Å². The van der Waals surface area contributed by atoms with Gasteiger partial charge in [0.25, 0.3) is 5.91 Å². The minimum Gasteiger partial charge on any atom is -0.488 e. The number of rotatable bonds is 4. The van der Waals surface area contributed by atoms with Crippen molar-refractivity contribution >= 4 is 12.1 Å². The van der Waals surface area contributed by atoms with Crippen molar-refractivity contribution in [3.63, 3.8) is 0 Å². The predicted molar refractivity (Wildman–Crippen MR) is 91.5 cm³/mol. The van der Waals surface area contributed by atoms with Gasteiger partial charge in [-0.3, -0.25) is 4.79 Å². The molecule has 1 aromatic heterocycles. The number of aromatic amines is 1. The van der Waals surface area contributed by atoms with E-state index in [1.807, 2.05) is 45.0 Å². The molecule has 7 nitrogen and oxygen atoms in total. The molecule has 2 rings (SSSR count). The van der Waals surface area contributed by atoms with Crippen molar-refractivity contribution in [1.82, 2.24) is 15.4 Å². The van der Waals surface area contributed by atoms with E-state index in [1.165, 1.54) is 12.3 Å². The van der Waals surface area contributed by atoms with Gasteiger partial charge in [-0.25, -0.2) is 10.2 Å². The second-order valence-corrected chi connectivity index (χ2v) is 6.24. The van der Waals surface area contributed by atoms with Gasteiger partial charge < -0.3 is 9.72 Å². The SMILES string of the molecule is Cc1cc(C(=O)N/N=C/c2ccc(OC(C)(C)C)cc2)nc(=O)[nH]1. The Morgan fingerprint density at radius 1 is 1.29 bits per heavy atom. The third-order valence-corrected chi connectivity index (χ3v) is 2.80. The Bertz CT molecular complexity index is 802. The smallest absolute Gasteiger partial charge is 0.345 e. The average molecular weight is 328 g/mol. The number of hydrazone groups is 1. The molecule has 24 heavy (non-hydrogen) atoms. The highest BCUT2D eigenvalue weighted by Gasteiger charge is 2.11. The van der Waals surface area contributed by atoms with Crippen LogP contribution in [0, 0.1) is 6.92 Å². The summed E-state index contributed by atoms with van der Waals surface area (Å²) in [6.45, 7) is 7.59. The third kappa shape index (κ3) is 5.35. The van der Waals surface area contributed by atoms with E-state index in [0.29, 0.717) is 5.69 Å². The fraction of sp³-hybridized carbons (Fsp3) is 0.294. The fourth-order valence-electron chi connectivity index (χ4n) is 1.89. The highest BCUT2D eigenvalue weighted by Crippen LogP contribution is 2.17. The summed E-state index contributed by atoms with van der Waals surface area (Å²) in [6.07, 6.45) is 1.50. The lowest BCUT2D eigenvalue weighted by Crippen LogP contribution is -2.24. The number of aryl methyl sites for hydroxylation is 1. The van der Waals surface area contributed by atoms with Gasteiger partial charge in [0.05, 0.1) is 6.21 Å². The van der Waals surface area contributed by atoms with Crippen LogP contribution in [-0.4, -0.2) is 27.7 Å². The fourth-order valence-corrected chi connectivity index (χ4v) is 1.89. The normalized spacial score (nSPS) is 11.5. The summed E-state index contributed by atoms with van der Waals surface area (Å²) in [5.41, 5.74) is 2.87. The van der Waals surface area contributed by atoms with Crippen LogP contribution in [0.1, 0.15) is 42.5 Å². The minimum atomic E-state index is -0.571. The lowest BCUT2D eigenvalue weighted by molar-refractivity contribution is 0.0949. The van der Waals surface area contributed by atoms with Gasteiger partial charge in [0.15, 0.2) is 0 Å². The van der Waals surface area contributed by atoms with Crippen LogP contribution in [0.3, 0.4) is 0 Å². The molecule has 0 bridgehead atoms. The van der Waals surface area contributed by atoms with Gasteiger partial charge in [0.1, 0.15) is 17.0 Å². The molecule has 0 aliphatic carbocycles. The highest BCUT2D eigenvalue weighted by atomic mass is 16.5. The maximum Gasteiger partial charge on any atom is 0.345 e. The summed E-state index contributed by atoms with van der Waals surface area (Å²) >= 11 is 0. The zero-order valence-electron chi connectivity index (χ0n) is 14.1. The molecule has 0 atom stereocenters. The van der Waals surface area contributed by atoms with E-state index in [4.69, 9.17) is 4.74 Å². The first-order valence-electron chi connectivity index (χ1n) is 7.43. The van der Waals surface area contributed by atoms with E-state index < -0.39 is 11.6 Å². The van der Waals surface area contributed by atoms with Crippen molar-refractivity contribution in [2.24, 2.45) is 5.10 Å². The van der Waals surface area contributed by atoms with Crippen LogP contribution < -0.4 is 15.9 Å². The Hall–Kier alpha value is -2.96. The number of nitrogens with one attached hydrogen (secondary N) is 2. The number of hydrogen-bond donors (Lipinski definition) is 2. The molecule has 1 aromatic carbocycles. The first-order valence-corrected chi connectivity index (χ1v) is 7.43. The van der Waals surface area contributed by atoms with Gasteiger partial charge in [0.2, 0.25) is 0 Å². The number of carbonyl (C=O) groups excluding carboxylic acids is 1. The maximum absolute atomic E-state index is 11.9. The van der Waals surface area contributed by atoms with E-state index in [1.54, 1.807) is 6.92 Å². The van der Waals surface area contributed by atoms with Crippen LogP contribution in [0.5, 0.6) is 5.75 Å². The van der Waals surface area contributed by atoms with E-state index in [2.05, 4.69) is 20.5 Å². The lowest BCUT2D eigenvalue weighted by atomic mass is 10.2. The summed E-state index contributed by atoms with van der Waals surface area (Å²) in [5, 5.41) is 3.86. The summed E-state index contributed by atoms with van der Waals surface area (Å²) in [5.74, 6) is 0.208. The first kappa shape index (κ1) is 17.4. The Balaban J connectivity index is 1.98. The minimum absolute atomic E-state index is 0.0160. The van der Waals surface area contributed by atoms with Crippen LogP contribution in [0.2, 0.25) is 0 Å². The second kappa shape index (κ2) is 7.08. The lowest BCUT2D eigenvalue weighted by Gasteiger charge is -2.21. The molecule has 0 spiro atoms. The number of ether oxygens (including phenoxy) is 1. The predicted octanol–water partition coefficient (Wildman–Crippen LogP) is 2.02. The van der Waals surface area contributed by atoms with Crippen molar-refractivity contribution in [1.29, 1.82) is 0 Å². The quantitative estimate of drug-likeness (QED) is 0.663. The van der Waals surface area contributed by atoms with E-state index in [9.17, 15) is 9.59 Å². The Morgan fingerprint density at radius 3 is 2.54 bits per heavy atom. The van der Waals surface area contributed by atoms with Crippen LogP contribution in [0.15, 0.2) is 40.2 Å². The molecule has 0 aliphatic rings. The van der Waals surface area contributed by atoms with Gasteiger partial charge in [-0.2, -0.15) is 10.1 Å². The Morgan fingerprint density at radius 2 is 1.96 bits per heavy atom. The van der Waals surface area contributed by atoms with Gasteiger partial charge in [-0.05, 0) is 63.6 Å². The second-order valence-electron chi connectivity index (χ2n) is 6.24. The van der Waals surface area contributed by atoms with Crippen molar-refractivity contribution in [2.45, 2.75) is 33.3 Å². The molecule has 126 valence electrons. The highest BCUT2D eigenvalue weighted by molar-refractivity contribution is 5.93. The molecule has 0 fully saturated rings. The molecule has 0 saturated carbocycles. The van der Waals surface area contributed by atoms with Crippen molar-refractivity contribution in [3.05, 3.63) is 57.8 Å². The molecule has 1 heterocycles. The summed E-state index contributed by atoms with van der Waals surface area (Å²) in [4.78, 5) is 29.2. The number of nitrogens with zero attached hydrogens (tertiary/aromatic N) is 2. The number of H-pyrrole nitrogens is 1. The number of hydrogen-bond acceptors (Lipinski definition) is 5. The summed E-state index contributed by atoms with van der Waals surface area (Å²) in [7, 11) is 0. The zero-order valence-corrected chi connectivity index (χ0v) is 14.1. The molecule has 0 saturated heterocycles. The van der Waals surface area contributed by atoms with E-state index in [0.717, 1.165) is 11.3 Å². The topological polar surface area (TPSA) is 96.4 Å². The van der Waals surface area contributed by atoms with Crippen molar-refractivity contribution in [2.75, 3.05) is 0 Å². The summed E-state index contributed by atoms with van der Waals surface area (Å²) in [6, 6.07) is 8.79. The van der Waals surface area contributed by atoms with E-state index >= 15 is 0 Å². The molecule has 0 radical (unpaired) electrons. The molecule has 0 unspecified atom stereocenters. The molecule has 1 amide bonds. The van der Waals surface area contributed by atoms with Crippen LogP contribution in [0.25, 0.3) is 0 Å². The van der Waals surface area contributed by atoms with Crippen molar-refractivity contribution in [3.8, 4) is 5.75 Å².